The second-order valence-corrected chi connectivity index (χ2v) is 6.45. The maximum absolute atomic E-state index is 12.1. The van der Waals surface area contributed by atoms with E-state index in [4.69, 9.17) is 14.3 Å². The van der Waals surface area contributed by atoms with E-state index in [9.17, 15) is 4.79 Å². The largest absolute Gasteiger partial charge is 0.454 e. The number of thiophene rings is 1. The zero-order valence-corrected chi connectivity index (χ0v) is 13.7. The first-order valence-electron chi connectivity index (χ1n) is 7.67. The molecule has 2 aliphatic rings. The molecule has 2 aromatic rings. The normalized spacial score (nSPS) is 18.2. The van der Waals surface area contributed by atoms with Crippen LogP contribution in [-0.2, 0) is 22.6 Å². The Balaban J connectivity index is 1.30. The first-order valence-corrected chi connectivity index (χ1v) is 8.61. The predicted molar refractivity (Wildman–Crippen MR) is 89.4 cm³/mol. The van der Waals surface area contributed by atoms with Crippen molar-refractivity contribution in [3.05, 3.63) is 46.2 Å². The minimum Gasteiger partial charge on any atom is -0.454 e. The van der Waals surface area contributed by atoms with Crippen LogP contribution in [0.1, 0.15) is 17.5 Å². The van der Waals surface area contributed by atoms with Gasteiger partial charge in [0.2, 0.25) is 12.9 Å². The van der Waals surface area contributed by atoms with Crippen molar-refractivity contribution in [2.45, 2.75) is 25.5 Å². The summed E-state index contributed by atoms with van der Waals surface area (Å²) in [5.41, 5.74) is 3.00. The van der Waals surface area contributed by atoms with Crippen LogP contribution in [0.15, 0.2) is 40.2 Å². The van der Waals surface area contributed by atoms with Gasteiger partial charge in [-0.25, -0.2) is 0 Å². The molecule has 3 heterocycles. The zero-order valence-electron chi connectivity index (χ0n) is 12.9. The van der Waals surface area contributed by atoms with E-state index in [-0.39, 0.29) is 12.7 Å². The molecule has 0 radical (unpaired) electrons. The average molecular weight is 344 g/mol. The van der Waals surface area contributed by atoms with Crippen molar-refractivity contribution in [3.8, 4) is 11.5 Å². The Kier molecular flexibility index (Phi) is 4.08. The van der Waals surface area contributed by atoms with Gasteiger partial charge in [0, 0.05) is 19.4 Å². The molecule has 4 rings (SSSR count). The highest BCUT2D eigenvalue weighted by atomic mass is 32.1. The monoisotopic (exact) mass is 344 g/mol. The highest BCUT2D eigenvalue weighted by Gasteiger charge is 2.28. The molecule has 2 aliphatic heterocycles. The standard InChI is InChI=1S/C17H16N2O4S/c20-17(18-8-12-3-4-24-9-12)16-7-13(19-23-16)5-11-1-2-14-15(6-11)22-10-21-14/h1-4,6,9,16H,5,7-8,10H2,(H,18,20)/t16-/m0/s1. The van der Waals surface area contributed by atoms with Crippen molar-refractivity contribution in [2.24, 2.45) is 5.16 Å². The summed E-state index contributed by atoms with van der Waals surface area (Å²) >= 11 is 1.61. The predicted octanol–water partition coefficient (Wildman–Crippen LogP) is 2.48. The molecule has 124 valence electrons. The number of hydrogen-bond donors (Lipinski definition) is 1. The van der Waals surface area contributed by atoms with Crippen molar-refractivity contribution >= 4 is 23.0 Å². The van der Waals surface area contributed by atoms with Crippen LogP contribution in [0.2, 0.25) is 0 Å². The first-order chi connectivity index (χ1) is 11.8. The lowest BCUT2D eigenvalue weighted by Crippen LogP contribution is -2.34. The van der Waals surface area contributed by atoms with E-state index in [1.165, 1.54) is 0 Å². The summed E-state index contributed by atoms with van der Waals surface area (Å²) < 4.78 is 10.7. The summed E-state index contributed by atoms with van der Waals surface area (Å²) in [6, 6.07) is 7.79. The number of nitrogens with one attached hydrogen (secondary N) is 1. The molecule has 1 atom stereocenters. The summed E-state index contributed by atoms with van der Waals surface area (Å²) in [6.07, 6.45) is 0.585. The van der Waals surface area contributed by atoms with Gasteiger partial charge in [-0.2, -0.15) is 11.3 Å². The minimum absolute atomic E-state index is 0.134. The van der Waals surface area contributed by atoms with Crippen LogP contribution in [0.25, 0.3) is 0 Å². The van der Waals surface area contributed by atoms with Crippen molar-refractivity contribution in [2.75, 3.05) is 6.79 Å². The average Bonchev–Trinajstić information content (AvgIpc) is 3.33. The van der Waals surface area contributed by atoms with Gasteiger partial charge in [-0.3, -0.25) is 4.79 Å². The minimum atomic E-state index is -0.548. The Morgan fingerprint density at radius 1 is 1.25 bits per heavy atom. The van der Waals surface area contributed by atoms with Crippen LogP contribution in [0.5, 0.6) is 11.5 Å². The van der Waals surface area contributed by atoms with E-state index < -0.39 is 6.10 Å². The molecule has 0 aliphatic carbocycles. The Labute approximate surface area is 143 Å². The molecule has 7 heteroatoms. The van der Waals surface area contributed by atoms with E-state index in [2.05, 4.69) is 10.5 Å². The van der Waals surface area contributed by atoms with Crippen LogP contribution in [-0.4, -0.2) is 24.5 Å². The summed E-state index contributed by atoms with van der Waals surface area (Å²) in [5.74, 6) is 1.37. The molecule has 1 aromatic heterocycles. The third-order valence-electron chi connectivity index (χ3n) is 3.91. The molecule has 0 saturated heterocycles. The fourth-order valence-corrected chi connectivity index (χ4v) is 3.32. The van der Waals surface area contributed by atoms with Gasteiger partial charge >= 0.3 is 0 Å². The molecule has 0 saturated carbocycles. The smallest absolute Gasteiger partial charge is 0.264 e. The number of fused-ring (bicyclic) bond motifs is 1. The summed E-state index contributed by atoms with van der Waals surface area (Å²) in [7, 11) is 0. The number of carbonyl (C=O) groups excluding carboxylic acids is 1. The molecule has 0 spiro atoms. The van der Waals surface area contributed by atoms with Gasteiger partial charge < -0.3 is 19.6 Å². The highest BCUT2D eigenvalue weighted by Crippen LogP contribution is 2.33. The number of oxime groups is 1. The summed E-state index contributed by atoms with van der Waals surface area (Å²) in [6.45, 7) is 0.773. The Morgan fingerprint density at radius 3 is 3.04 bits per heavy atom. The van der Waals surface area contributed by atoms with E-state index in [1.807, 2.05) is 35.0 Å². The number of nitrogens with zero attached hydrogens (tertiary/aromatic N) is 1. The second kappa shape index (κ2) is 6.52. The Hall–Kier alpha value is -2.54. The van der Waals surface area contributed by atoms with Gasteiger partial charge in [0.05, 0.1) is 5.71 Å². The second-order valence-electron chi connectivity index (χ2n) is 5.67. The number of rotatable bonds is 5. The summed E-state index contributed by atoms with van der Waals surface area (Å²) in [4.78, 5) is 17.4. The third-order valence-corrected chi connectivity index (χ3v) is 4.65. The summed E-state index contributed by atoms with van der Waals surface area (Å²) in [5, 5.41) is 10.9. The van der Waals surface area contributed by atoms with Crippen LogP contribution in [0.4, 0.5) is 0 Å². The van der Waals surface area contributed by atoms with Gasteiger partial charge in [0.1, 0.15) is 0 Å². The van der Waals surface area contributed by atoms with Crippen LogP contribution < -0.4 is 14.8 Å². The van der Waals surface area contributed by atoms with Gasteiger partial charge in [-0.15, -0.1) is 0 Å². The van der Waals surface area contributed by atoms with E-state index in [0.29, 0.717) is 19.4 Å². The van der Waals surface area contributed by atoms with E-state index in [1.54, 1.807) is 11.3 Å². The molecule has 6 nitrogen and oxygen atoms in total. The number of amides is 1. The number of carbonyl (C=O) groups is 1. The molecule has 24 heavy (non-hydrogen) atoms. The number of hydrogen-bond acceptors (Lipinski definition) is 6. The van der Waals surface area contributed by atoms with Gasteiger partial charge in [-0.1, -0.05) is 11.2 Å². The van der Waals surface area contributed by atoms with E-state index >= 15 is 0 Å². The van der Waals surface area contributed by atoms with Crippen molar-refractivity contribution < 1.29 is 19.1 Å². The molecule has 1 N–H and O–H groups in total. The molecule has 0 unspecified atom stereocenters. The third kappa shape index (κ3) is 3.21. The maximum Gasteiger partial charge on any atom is 0.264 e. The van der Waals surface area contributed by atoms with E-state index in [0.717, 1.165) is 28.3 Å². The van der Waals surface area contributed by atoms with Crippen LogP contribution in [0, 0.1) is 0 Å². The van der Waals surface area contributed by atoms with Gasteiger partial charge in [0.15, 0.2) is 11.5 Å². The molecular formula is C17H16N2O4S. The van der Waals surface area contributed by atoms with Crippen molar-refractivity contribution in [1.82, 2.24) is 5.32 Å². The Morgan fingerprint density at radius 2 is 2.17 bits per heavy atom. The first kappa shape index (κ1) is 15.0. The Bertz CT molecular complexity index is 773. The molecule has 1 amide bonds. The fourth-order valence-electron chi connectivity index (χ4n) is 2.65. The topological polar surface area (TPSA) is 69.2 Å². The van der Waals surface area contributed by atoms with Gasteiger partial charge in [0.25, 0.3) is 5.91 Å². The van der Waals surface area contributed by atoms with Gasteiger partial charge in [-0.05, 0) is 40.1 Å². The van der Waals surface area contributed by atoms with Crippen molar-refractivity contribution in [1.29, 1.82) is 0 Å². The fraction of sp³-hybridized carbons (Fsp3) is 0.294. The quantitative estimate of drug-likeness (QED) is 0.905. The lowest BCUT2D eigenvalue weighted by atomic mass is 10.0. The number of ether oxygens (including phenoxy) is 2. The molecule has 0 bridgehead atoms. The number of benzene rings is 1. The van der Waals surface area contributed by atoms with Crippen LogP contribution >= 0.6 is 11.3 Å². The highest BCUT2D eigenvalue weighted by molar-refractivity contribution is 7.07. The molecule has 1 aromatic carbocycles. The molecular weight excluding hydrogens is 328 g/mol. The lowest BCUT2D eigenvalue weighted by Gasteiger charge is -2.08. The zero-order chi connectivity index (χ0) is 16.4. The lowest BCUT2D eigenvalue weighted by molar-refractivity contribution is -0.131. The SMILES string of the molecule is O=C(NCc1ccsc1)[C@@H]1CC(Cc2ccc3c(c2)OCO3)=NO1. The maximum atomic E-state index is 12.1. The molecule has 0 fully saturated rings. The van der Waals surface area contributed by atoms with Crippen LogP contribution in [0.3, 0.4) is 0 Å². The van der Waals surface area contributed by atoms with Crippen molar-refractivity contribution in [3.63, 3.8) is 0 Å².